The minimum Gasteiger partial charge on any atom is -0.381 e. The maximum atomic E-state index is 11.9. The van der Waals surface area contributed by atoms with Crippen LogP contribution in [0.1, 0.15) is 19.8 Å². The SMILES string of the molecule is CCNCCS(=O)(=O)N(C)CC1CCCOC1. The Morgan fingerprint density at radius 3 is 2.82 bits per heavy atom. The van der Waals surface area contributed by atoms with Crippen LogP contribution in [0, 0.1) is 5.92 Å². The minimum absolute atomic E-state index is 0.172. The van der Waals surface area contributed by atoms with Gasteiger partial charge in [0, 0.05) is 26.7 Å². The van der Waals surface area contributed by atoms with Crippen LogP contribution in [0.5, 0.6) is 0 Å². The summed E-state index contributed by atoms with van der Waals surface area (Å²) in [4.78, 5) is 0. The maximum absolute atomic E-state index is 11.9. The summed E-state index contributed by atoms with van der Waals surface area (Å²) in [6, 6.07) is 0. The van der Waals surface area contributed by atoms with E-state index in [1.165, 1.54) is 4.31 Å². The molecule has 0 aromatic rings. The molecule has 0 amide bonds. The van der Waals surface area contributed by atoms with Gasteiger partial charge in [-0.05, 0) is 25.3 Å². The van der Waals surface area contributed by atoms with Crippen molar-refractivity contribution in [1.82, 2.24) is 9.62 Å². The highest BCUT2D eigenvalue weighted by atomic mass is 32.2. The third kappa shape index (κ3) is 5.33. The van der Waals surface area contributed by atoms with Gasteiger partial charge in [-0.2, -0.15) is 0 Å². The minimum atomic E-state index is -3.12. The molecule has 0 saturated carbocycles. The van der Waals surface area contributed by atoms with Gasteiger partial charge in [0.15, 0.2) is 0 Å². The van der Waals surface area contributed by atoms with E-state index < -0.39 is 10.0 Å². The van der Waals surface area contributed by atoms with E-state index >= 15 is 0 Å². The zero-order valence-corrected chi connectivity index (χ0v) is 11.6. The zero-order chi connectivity index (χ0) is 12.7. The van der Waals surface area contributed by atoms with Gasteiger partial charge in [-0.3, -0.25) is 0 Å². The van der Waals surface area contributed by atoms with Crippen molar-refractivity contribution in [2.75, 3.05) is 45.6 Å². The number of nitrogens with zero attached hydrogens (tertiary/aromatic N) is 1. The molecule has 0 bridgehead atoms. The lowest BCUT2D eigenvalue weighted by atomic mass is 10.0. The quantitative estimate of drug-likeness (QED) is 0.671. The first-order valence-electron chi connectivity index (χ1n) is 6.28. The molecule has 1 atom stereocenters. The molecule has 6 heteroatoms. The second kappa shape index (κ2) is 7.31. The monoisotopic (exact) mass is 264 g/mol. The molecule has 5 nitrogen and oxygen atoms in total. The van der Waals surface area contributed by atoms with E-state index in [1.807, 2.05) is 6.92 Å². The van der Waals surface area contributed by atoms with Crippen LogP contribution in [-0.2, 0) is 14.8 Å². The van der Waals surface area contributed by atoms with Crippen LogP contribution in [0.25, 0.3) is 0 Å². The standard InChI is InChI=1S/C11H24N2O3S/c1-3-12-6-8-17(14,15)13(2)9-11-5-4-7-16-10-11/h11-12H,3-10H2,1-2H3. The molecule has 1 fully saturated rings. The highest BCUT2D eigenvalue weighted by Gasteiger charge is 2.22. The van der Waals surface area contributed by atoms with Crippen molar-refractivity contribution in [2.45, 2.75) is 19.8 Å². The molecule has 1 saturated heterocycles. The molecule has 1 aliphatic heterocycles. The summed E-state index contributed by atoms with van der Waals surface area (Å²) in [5.41, 5.74) is 0. The van der Waals surface area contributed by atoms with Crippen molar-refractivity contribution in [3.8, 4) is 0 Å². The van der Waals surface area contributed by atoms with E-state index in [2.05, 4.69) is 5.32 Å². The average Bonchev–Trinajstić information content (AvgIpc) is 2.30. The van der Waals surface area contributed by atoms with Gasteiger partial charge >= 0.3 is 0 Å². The smallest absolute Gasteiger partial charge is 0.215 e. The van der Waals surface area contributed by atoms with Gasteiger partial charge in [0.05, 0.1) is 12.4 Å². The lowest BCUT2D eigenvalue weighted by Crippen LogP contribution is -2.38. The lowest BCUT2D eigenvalue weighted by molar-refractivity contribution is 0.0495. The lowest BCUT2D eigenvalue weighted by Gasteiger charge is -2.26. The Bertz CT molecular complexity index is 300. The summed E-state index contributed by atoms with van der Waals surface area (Å²) in [6.45, 7) is 5.37. The van der Waals surface area contributed by atoms with Crippen LogP contribution in [0.4, 0.5) is 0 Å². The first-order valence-corrected chi connectivity index (χ1v) is 7.89. The average molecular weight is 264 g/mol. The number of hydrogen-bond acceptors (Lipinski definition) is 4. The second-order valence-corrected chi connectivity index (χ2v) is 6.73. The van der Waals surface area contributed by atoms with Crippen LogP contribution >= 0.6 is 0 Å². The van der Waals surface area contributed by atoms with Gasteiger partial charge in [0.2, 0.25) is 10.0 Å². The molecule has 1 unspecified atom stereocenters. The fourth-order valence-electron chi connectivity index (χ4n) is 1.96. The molecule has 17 heavy (non-hydrogen) atoms. The van der Waals surface area contributed by atoms with Crippen LogP contribution in [0.2, 0.25) is 0 Å². The number of hydrogen-bond donors (Lipinski definition) is 1. The van der Waals surface area contributed by atoms with E-state index in [1.54, 1.807) is 7.05 Å². The first-order chi connectivity index (χ1) is 8.06. The highest BCUT2D eigenvalue weighted by Crippen LogP contribution is 2.15. The summed E-state index contributed by atoms with van der Waals surface area (Å²) in [5, 5.41) is 3.03. The maximum Gasteiger partial charge on any atom is 0.215 e. The van der Waals surface area contributed by atoms with Crippen LogP contribution < -0.4 is 5.32 Å². The van der Waals surface area contributed by atoms with E-state index in [4.69, 9.17) is 4.74 Å². The molecule has 1 rings (SSSR count). The molecule has 102 valence electrons. The van der Waals surface area contributed by atoms with Crippen LogP contribution in [0.3, 0.4) is 0 Å². The summed E-state index contributed by atoms with van der Waals surface area (Å²) in [7, 11) is -1.45. The highest BCUT2D eigenvalue weighted by molar-refractivity contribution is 7.89. The molecule has 1 N–H and O–H groups in total. The molecule has 0 aromatic carbocycles. The Morgan fingerprint density at radius 2 is 2.24 bits per heavy atom. The van der Waals surface area contributed by atoms with Gasteiger partial charge in [0.25, 0.3) is 0 Å². The molecule has 0 radical (unpaired) electrons. The Morgan fingerprint density at radius 1 is 1.47 bits per heavy atom. The number of sulfonamides is 1. The van der Waals surface area contributed by atoms with Gasteiger partial charge in [0.1, 0.15) is 0 Å². The summed E-state index contributed by atoms with van der Waals surface area (Å²) < 4.78 is 30.7. The predicted octanol–water partition coefficient (Wildman–Crippen LogP) is 0.284. The topological polar surface area (TPSA) is 58.6 Å². The van der Waals surface area contributed by atoms with E-state index in [0.717, 1.165) is 26.0 Å². The summed E-state index contributed by atoms with van der Waals surface area (Å²) >= 11 is 0. The number of rotatable bonds is 7. The first kappa shape index (κ1) is 14.9. The van der Waals surface area contributed by atoms with Crippen molar-refractivity contribution in [1.29, 1.82) is 0 Å². The Labute approximate surface area is 105 Å². The fraction of sp³-hybridized carbons (Fsp3) is 1.00. The molecular formula is C11H24N2O3S. The molecule has 0 spiro atoms. The van der Waals surface area contributed by atoms with E-state index in [-0.39, 0.29) is 5.75 Å². The molecule has 0 aliphatic carbocycles. The second-order valence-electron chi connectivity index (χ2n) is 4.53. The number of nitrogens with one attached hydrogen (secondary N) is 1. The Hall–Kier alpha value is -0.170. The van der Waals surface area contributed by atoms with Gasteiger partial charge in [-0.15, -0.1) is 0 Å². The largest absolute Gasteiger partial charge is 0.381 e. The zero-order valence-electron chi connectivity index (χ0n) is 10.8. The Kier molecular flexibility index (Phi) is 6.40. The number of ether oxygens (including phenoxy) is 1. The third-order valence-corrected chi connectivity index (χ3v) is 4.85. The fourth-order valence-corrected chi connectivity index (χ4v) is 3.11. The normalized spacial score (nSPS) is 21.9. The summed E-state index contributed by atoms with van der Waals surface area (Å²) in [5.74, 6) is 0.521. The van der Waals surface area contributed by atoms with Crippen molar-refractivity contribution in [3.05, 3.63) is 0 Å². The van der Waals surface area contributed by atoms with Crippen LogP contribution in [-0.4, -0.2) is 58.4 Å². The third-order valence-electron chi connectivity index (χ3n) is 3.03. The Balaban J connectivity index is 2.36. The van der Waals surface area contributed by atoms with Crippen molar-refractivity contribution >= 4 is 10.0 Å². The van der Waals surface area contributed by atoms with Gasteiger partial charge in [-0.25, -0.2) is 12.7 Å². The van der Waals surface area contributed by atoms with Crippen LogP contribution in [0.15, 0.2) is 0 Å². The van der Waals surface area contributed by atoms with Gasteiger partial charge < -0.3 is 10.1 Å². The van der Waals surface area contributed by atoms with Gasteiger partial charge in [-0.1, -0.05) is 6.92 Å². The summed E-state index contributed by atoms with van der Waals surface area (Å²) in [6.07, 6.45) is 2.10. The predicted molar refractivity (Wildman–Crippen MR) is 68.5 cm³/mol. The molecule has 0 aromatic heterocycles. The molecular weight excluding hydrogens is 240 g/mol. The van der Waals surface area contributed by atoms with E-state index in [0.29, 0.717) is 25.6 Å². The van der Waals surface area contributed by atoms with Crippen molar-refractivity contribution in [2.24, 2.45) is 5.92 Å². The molecule has 1 aliphatic rings. The van der Waals surface area contributed by atoms with E-state index in [9.17, 15) is 8.42 Å². The molecule has 1 heterocycles. The van der Waals surface area contributed by atoms with Crippen molar-refractivity contribution in [3.63, 3.8) is 0 Å². The van der Waals surface area contributed by atoms with Crippen molar-refractivity contribution < 1.29 is 13.2 Å².